The summed E-state index contributed by atoms with van der Waals surface area (Å²) in [5, 5.41) is 74.9. The summed E-state index contributed by atoms with van der Waals surface area (Å²) in [6, 6.07) is -1.19. The third-order valence-corrected chi connectivity index (χ3v) is 9.24. The summed E-state index contributed by atoms with van der Waals surface area (Å²) in [6.07, 6.45) is 19.6. The normalized spacial score (nSPS) is 23.9. The Morgan fingerprint density at radius 1 is 0.720 bits per heavy atom. The SMILES string of the molecule is C/C=C/CC/C=C/CCCC(O)C(O)C(COC1OC(CO)C(O)C(O)C1O)NC(=O)C(O)CCCCCC/C=C\CCCCCCCCC. The first-order valence-corrected chi connectivity index (χ1v) is 19.4. The van der Waals surface area contributed by atoms with Gasteiger partial charge in [0.05, 0.1) is 25.4 Å². The van der Waals surface area contributed by atoms with Crippen molar-refractivity contribution >= 4 is 5.91 Å². The van der Waals surface area contributed by atoms with E-state index < -0.39 is 74.2 Å². The van der Waals surface area contributed by atoms with Gasteiger partial charge >= 0.3 is 0 Å². The molecule has 1 amide bonds. The molecule has 11 heteroatoms. The second kappa shape index (κ2) is 29.9. The van der Waals surface area contributed by atoms with Crippen LogP contribution in [0.2, 0.25) is 0 Å². The molecule has 0 radical (unpaired) electrons. The van der Waals surface area contributed by atoms with Crippen LogP contribution in [0.25, 0.3) is 0 Å². The fourth-order valence-electron chi connectivity index (χ4n) is 5.93. The number of aliphatic hydroxyl groups is 7. The van der Waals surface area contributed by atoms with E-state index in [1.54, 1.807) is 0 Å². The van der Waals surface area contributed by atoms with Crippen LogP contribution >= 0.6 is 0 Å². The number of rotatable bonds is 30. The summed E-state index contributed by atoms with van der Waals surface area (Å²) >= 11 is 0. The van der Waals surface area contributed by atoms with Gasteiger partial charge in [0.1, 0.15) is 36.6 Å². The minimum atomic E-state index is -1.67. The molecule has 292 valence electrons. The highest BCUT2D eigenvalue weighted by Gasteiger charge is 2.44. The lowest BCUT2D eigenvalue weighted by atomic mass is 9.98. The molecule has 0 aromatic rings. The summed E-state index contributed by atoms with van der Waals surface area (Å²) in [7, 11) is 0. The third-order valence-electron chi connectivity index (χ3n) is 9.24. The molecule has 1 heterocycles. The zero-order valence-corrected chi connectivity index (χ0v) is 30.9. The summed E-state index contributed by atoms with van der Waals surface area (Å²) in [6.45, 7) is 3.12. The van der Waals surface area contributed by atoms with E-state index in [2.05, 4.69) is 36.5 Å². The highest BCUT2D eigenvalue weighted by molar-refractivity contribution is 5.80. The van der Waals surface area contributed by atoms with Gasteiger partial charge in [-0.1, -0.05) is 101 Å². The van der Waals surface area contributed by atoms with Crippen molar-refractivity contribution in [3.63, 3.8) is 0 Å². The number of amides is 1. The molecule has 1 fully saturated rings. The summed E-state index contributed by atoms with van der Waals surface area (Å²) in [4.78, 5) is 13.0. The number of ether oxygens (including phenoxy) is 2. The van der Waals surface area contributed by atoms with Crippen molar-refractivity contribution in [2.24, 2.45) is 0 Å². The van der Waals surface area contributed by atoms with Gasteiger partial charge in [-0.15, -0.1) is 0 Å². The van der Waals surface area contributed by atoms with Crippen LogP contribution in [0.4, 0.5) is 0 Å². The van der Waals surface area contributed by atoms with Crippen LogP contribution in [-0.4, -0.2) is 110 Å². The number of hydrogen-bond acceptors (Lipinski definition) is 10. The molecule has 0 aliphatic carbocycles. The van der Waals surface area contributed by atoms with Crippen LogP contribution in [-0.2, 0) is 14.3 Å². The molecule has 50 heavy (non-hydrogen) atoms. The maximum absolute atomic E-state index is 13.0. The monoisotopic (exact) mass is 714 g/mol. The van der Waals surface area contributed by atoms with E-state index in [1.807, 2.05) is 19.1 Å². The van der Waals surface area contributed by atoms with Crippen LogP contribution in [0.5, 0.6) is 0 Å². The van der Waals surface area contributed by atoms with Gasteiger partial charge in [-0.05, 0) is 71.1 Å². The first-order valence-electron chi connectivity index (χ1n) is 19.4. The van der Waals surface area contributed by atoms with Gasteiger partial charge in [0, 0.05) is 0 Å². The topological polar surface area (TPSA) is 189 Å². The fraction of sp³-hybridized carbons (Fsp3) is 0.821. The highest BCUT2D eigenvalue weighted by atomic mass is 16.7. The van der Waals surface area contributed by atoms with E-state index in [9.17, 15) is 40.5 Å². The maximum atomic E-state index is 13.0. The van der Waals surface area contributed by atoms with Crippen molar-refractivity contribution in [2.75, 3.05) is 13.2 Å². The van der Waals surface area contributed by atoms with Crippen molar-refractivity contribution in [3.05, 3.63) is 36.5 Å². The van der Waals surface area contributed by atoms with Gasteiger partial charge in [-0.2, -0.15) is 0 Å². The Labute approximate surface area is 301 Å². The van der Waals surface area contributed by atoms with Crippen molar-refractivity contribution < 1.29 is 50.0 Å². The largest absolute Gasteiger partial charge is 0.394 e. The average molecular weight is 714 g/mol. The van der Waals surface area contributed by atoms with Crippen LogP contribution in [0, 0.1) is 0 Å². The predicted octanol–water partition coefficient (Wildman–Crippen LogP) is 4.49. The summed E-state index contributed by atoms with van der Waals surface area (Å²) in [5.74, 6) is -0.726. The van der Waals surface area contributed by atoms with E-state index in [0.717, 1.165) is 44.9 Å². The molecule has 0 aromatic heterocycles. The standard InChI is InChI=1S/C39H71NO10/c1-3-5-7-9-11-13-14-15-16-17-18-19-21-23-25-27-32(43)38(48)40-30(29-49-39-37(47)36(46)35(45)33(28-41)50-39)34(44)31(42)26-24-22-20-12-10-8-6-4-2/h4,6,12,16-17,20,30-37,39,41-47H,3,5,7-11,13-15,18-19,21-29H2,1-2H3,(H,40,48)/b6-4+,17-16-,20-12+. The van der Waals surface area contributed by atoms with Crippen LogP contribution < -0.4 is 5.32 Å². The van der Waals surface area contributed by atoms with Gasteiger partial charge < -0.3 is 50.5 Å². The second-order valence-electron chi connectivity index (χ2n) is 13.6. The Hall–Kier alpha value is -1.67. The number of aliphatic hydroxyl groups excluding tert-OH is 7. The van der Waals surface area contributed by atoms with Crippen molar-refractivity contribution in [1.29, 1.82) is 0 Å². The molecule has 1 rings (SSSR count). The van der Waals surface area contributed by atoms with Gasteiger partial charge in [-0.25, -0.2) is 0 Å². The van der Waals surface area contributed by atoms with Crippen molar-refractivity contribution in [2.45, 2.75) is 191 Å². The van der Waals surface area contributed by atoms with Gasteiger partial charge in [0.25, 0.3) is 0 Å². The number of allylic oxidation sites excluding steroid dienone is 6. The van der Waals surface area contributed by atoms with Gasteiger partial charge in [-0.3, -0.25) is 4.79 Å². The number of carbonyl (C=O) groups is 1. The molecular formula is C39H71NO10. The van der Waals surface area contributed by atoms with Gasteiger partial charge in [0.2, 0.25) is 5.91 Å². The van der Waals surface area contributed by atoms with Crippen LogP contribution in [0.3, 0.4) is 0 Å². The van der Waals surface area contributed by atoms with Crippen molar-refractivity contribution in [1.82, 2.24) is 5.32 Å². The molecule has 1 saturated heterocycles. The Balaban J connectivity index is 2.55. The van der Waals surface area contributed by atoms with Gasteiger partial charge in [0.15, 0.2) is 6.29 Å². The molecule has 9 unspecified atom stereocenters. The first-order chi connectivity index (χ1) is 24.2. The Bertz CT molecular complexity index is 913. The fourth-order valence-corrected chi connectivity index (χ4v) is 5.93. The predicted molar refractivity (Wildman–Crippen MR) is 196 cm³/mol. The van der Waals surface area contributed by atoms with E-state index in [-0.39, 0.29) is 12.8 Å². The molecule has 0 aromatic carbocycles. The Morgan fingerprint density at radius 2 is 1.28 bits per heavy atom. The number of hydrogen-bond donors (Lipinski definition) is 8. The third kappa shape index (κ3) is 20.4. The molecule has 0 spiro atoms. The molecule has 11 nitrogen and oxygen atoms in total. The maximum Gasteiger partial charge on any atom is 0.249 e. The summed E-state index contributed by atoms with van der Waals surface area (Å²) < 4.78 is 11.0. The minimum absolute atomic E-state index is 0.235. The summed E-state index contributed by atoms with van der Waals surface area (Å²) in [5.41, 5.74) is 0. The zero-order chi connectivity index (χ0) is 37.0. The lowest BCUT2D eigenvalue weighted by molar-refractivity contribution is -0.303. The lowest BCUT2D eigenvalue weighted by Crippen LogP contribution is -2.60. The molecule has 9 atom stereocenters. The molecule has 8 N–H and O–H groups in total. The second-order valence-corrected chi connectivity index (χ2v) is 13.6. The number of nitrogens with one attached hydrogen (secondary N) is 1. The molecule has 0 saturated carbocycles. The Kier molecular flexibility index (Phi) is 27.7. The molecule has 1 aliphatic rings. The van der Waals surface area contributed by atoms with E-state index in [0.29, 0.717) is 19.3 Å². The minimum Gasteiger partial charge on any atom is -0.394 e. The quantitative estimate of drug-likeness (QED) is 0.0389. The number of unbranched alkanes of at least 4 members (excludes halogenated alkanes) is 13. The lowest BCUT2D eigenvalue weighted by Gasteiger charge is -2.40. The van der Waals surface area contributed by atoms with Crippen molar-refractivity contribution in [3.8, 4) is 0 Å². The molecule has 1 aliphatic heterocycles. The smallest absolute Gasteiger partial charge is 0.249 e. The highest BCUT2D eigenvalue weighted by Crippen LogP contribution is 2.23. The van der Waals surface area contributed by atoms with Crippen LogP contribution in [0.15, 0.2) is 36.5 Å². The van der Waals surface area contributed by atoms with E-state index >= 15 is 0 Å². The molecule has 0 bridgehead atoms. The zero-order valence-electron chi connectivity index (χ0n) is 30.9. The Morgan fingerprint density at radius 3 is 1.90 bits per heavy atom. The molecular weight excluding hydrogens is 642 g/mol. The van der Waals surface area contributed by atoms with Crippen LogP contribution in [0.1, 0.15) is 136 Å². The number of carbonyl (C=O) groups excluding carboxylic acids is 1. The average Bonchev–Trinajstić information content (AvgIpc) is 3.11. The van der Waals surface area contributed by atoms with E-state index in [4.69, 9.17) is 9.47 Å². The first kappa shape index (κ1) is 46.4. The van der Waals surface area contributed by atoms with E-state index in [1.165, 1.54) is 44.9 Å².